The second kappa shape index (κ2) is 9.71. The monoisotopic (exact) mass is 523 g/mol. The van der Waals surface area contributed by atoms with Gasteiger partial charge in [-0.15, -0.1) is 24.8 Å². The molecule has 0 amide bonds. The second-order valence-corrected chi connectivity index (χ2v) is 30.4. The van der Waals surface area contributed by atoms with Crippen LogP contribution in [-0.4, -0.2) is 24.7 Å². The van der Waals surface area contributed by atoms with Gasteiger partial charge in [0.1, 0.15) is 0 Å². The molecule has 0 aromatic heterocycles. The molecular formula is C22H41Cl2NOSiZr. The third-order valence-electron chi connectivity index (χ3n) is 5.29. The first kappa shape index (κ1) is 28.4. The number of rotatable bonds is 7. The number of halogens is 2. The Morgan fingerprint density at radius 1 is 1.14 bits per heavy atom. The van der Waals surface area contributed by atoms with E-state index in [1.165, 1.54) is 20.8 Å². The Bertz CT molecular complexity index is 765. The number of nitrogens with one attached hydrogen (secondary N) is 1. The molecule has 2 rings (SSSR count). The van der Waals surface area contributed by atoms with Crippen LogP contribution in [0.25, 0.3) is 6.08 Å². The van der Waals surface area contributed by atoms with Crippen molar-refractivity contribution in [1.29, 1.82) is 0 Å². The van der Waals surface area contributed by atoms with E-state index in [0.29, 0.717) is 3.63 Å². The molecule has 1 aliphatic rings. The molecule has 0 bridgehead atoms. The first-order valence-electron chi connectivity index (χ1n) is 9.97. The van der Waals surface area contributed by atoms with Crippen LogP contribution in [0.4, 0.5) is 0 Å². The summed E-state index contributed by atoms with van der Waals surface area (Å²) in [6.07, 6.45) is 3.48. The predicted molar refractivity (Wildman–Crippen MR) is 132 cm³/mol. The fourth-order valence-corrected chi connectivity index (χ4v) is 21.7. The van der Waals surface area contributed by atoms with Crippen LogP contribution in [-0.2, 0) is 23.0 Å². The first-order valence-corrected chi connectivity index (χ1v) is 22.0. The summed E-state index contributed by atoms with van der Waals surface area (Å²) in [5.41, 5.74) is 4.42. The first-order chi connectivity index (χ1) is 11.7. The molecule has 1 unspecified atom stereocenters. The van der Waals surface area contributed by atoms with Gasteiger partial charge in [-0.2, -0.15) is 0 Å². The molecule has 1 N–H and O–H groups in total. The van der Waals surface area contributed by atoms with Gasteiger partial charge in [0.15, 0.2) is 0 Å². The van der Waals surface area contributed by atoms with Crippen LogP contribution in [0.2, 0.25) is 28.4 Å². The summed E-state index contributed by atoms with van der Waals surface area (Å²) in [6.45, 7) is 16.8. The van der Waals surface area contributed by atoms with Gasteiger partial charge in [0.25, 0.3) is 0 Å². The van der Waals surface area contributed by atoms with E-state index in [9.17, 15) is 0 Å². The third kappa shape index (κ3) is 7.29. The molecule has 0 radical (unpaired) electrons. The van der Waals surface area contributed by atoms with Crippen LogP contribution in [0, 0.1) is 0 Å². The van der Waals surface area contributed by atoms with Crippen LogP contribution in [0.15, 0.2) is 29.8 Å². The predicted octanol–water partition coefficient (Wildman–Crippen LogP) is 7.12. The fraction of sp³-hybridized carbons (Fsp3) is 0.591. The van der Waals surface area contributed by atoms with Crippen molar-refractivity contribution in [3.05, 3.63) is 41.0 Å². The van der Waals surface area contributed by atoms with E-state index in [4.69, 9.17) is 8.64 Å². The zero-order valence-corrected chi connectivity index (χ0v) is 24.1. The number of hydrogen-bond acceptors (Lipinski definition) is 2. The Balaban J connectivity index is 0.00000364. The molecular weight excluding hydrogens is 484 g/mol. The van der Waals surface area contributed by atoms with Gasteiger partial charge in [0, 0.05) is 0 Å². The van der Waals surface area contributed by atoms with Gasteiger partial charge in [-0.05, 0) is 0 Å². The minimum atomic E-state index is -3.58. The zero-order chi connectivity index (χ0) is 19.8. The van der Waals surface area contributed by atoms with Crippen LogP contribution >= 0.6 is 24.8 Å². The van der Waals surface area contributed by atoms with Gasteiger partial charge in [-0.25, -0.2) is 0 Å². The van der Waals surface area contributed by atoms with E-state index in [1.54, 1.807) is 0 Å². The van der Waals surface area contributed by atoms with Gasteiger partial charge < -0.3 is 0 Å². The number of allylic oxidation sites excluding steroid dienone is 1. The Hall–Kier alpha value is 0.430. The summed E-state index contributed by atoms with van der Waals surface area (Å²) in [5, 5.41) is 0. The van der Waals surface area contributed by atoms with E-state index < -0.39 is 26.9 Å². The molecule has 28 heavy (non-hydrogen) atoms. The topological polar surface area (TPSA) is 21.3 Å². The average Bonchev–Trinajstić information content (AvgIpc) is 2.77. The Kier molecular flexibility index (Phi) is 9.86. The molecule has 0 spiro atoms. The normalized spacial score (nSPS) is 17.3. The molecule has 1 aliphatic carbocycles. The molecule has 0 aliphatic heterocycles. The number of benzene rings is 1. The van der Waals surface area contributed by atoms with Gasteiger partial charge in [0.2, 0.25) is 0 Å². The van der Waals surface area contributed by atoms with E-state index in [-0.39, 0.29) is 30.4 Å². The Labute approximate surface area is 187 Å². The Morgan fingerprint density at radius 2 is 1.71 bits per heavy atom. The van der Waals surface area contributed by atoms with Crippen molar-refractivity contribution in [2.45, 2.75) is 71.7 Å². The van der Waals surface area contributed by atoms with Crippen LogP contribution in [0.1, 0.15) is 48.9 Å². The Morgan fingerprint density at radius 3 is 2.25 bits per heavy atom. The average molecular weight is 526 g/mol. The molecule has 162 valence electrons. The van der Waals surface area contributed by atoms with Gasteiger partial charge in [-0.3, -0.25) is 0 Å². The standard InChI is InChI=1S/C10H9.C6H15OSi.C4H10N.CH3.CH2.2ClH.Zr/c1-8-6-9-4-2-3-5-10(9)7-8;1-5-6-7-8(2,3)4;1-4(2,3)5;;;;;/h2-7H,1H3;1,5-6H2,2-4H3;5H,1-3H3;1H3;1H2;2*1H;/q;;-1;;;;;+1. The minimum absolute atomic E-state index is 0. The van der Waals surface area contributed by atoms with Crippen molar-refractivity contribution in [3.8, 4) is 0 Å². The summed E-state index contributed by atoms with van der Waals surface area (Å²) in [5.74, 6) is 0. The van der Waals surface area contributed by atoms with Gasteiger partial charge >= 0.3 is 164 Å². The van der Waals surface area contributed by atoms with Crippen LogP contribution in [0.3, 0.4) is 0 Å². The molecule has 0 saturated heterocycles. The van der Waals surface area contributed by atoms with Gasteiger partial charge in [-0.1, -0.05) is 0 Å². The van der Waals surface area contributed by atoms with Crippen molar-refractivity contribution in [2.24, 2.45) is 0 Å². The van der Waals surface area contributed by atoms with E-state index in [0.717, 1.165) is 13.0 Å². The SMILES string of the molecule is Cl.Cl.[CH2]=[Zr]([CH3])([CH2]CCO[Si](C)(C)C)([NH]C(C)(C)C)[CH]1C(C)=Cc2ccccc21. The molecule has 1 aromatic carbocycles. The van der Waals surface area contributed by atoms with Crippen molar-refractivity contribution >= 4 is 43.4 Å². The van der Waals surface area contributed by atoms with E-state index in [2.05, 4.69) is 85.6 Å². The van der Waals surface area contributed by atoms with Crippen molar-refractivity contribution in [3.63, 3.8) is 0 Å². The molecule has 1 aromatic rings. The maximum absolute atomic E-state index is 6.16. The molecule has 6 heteroatoms. The summed E-state index contributed by atoms with van der Waals surface area (Å²) in [7, 11) is -1.46. The number of hydrogen-bond donors (Lipinski definition) is 1. The quantitative estimate of drug-likeness (QED) is 0.302. The van der Waals surface area contributed by atoms with Crippen LogP contribution < -0.4 is 3.26 Å². The molecule has 0 saturated carbocycles. The van der Waals surface area contributed by atoms with Crippen molar-refractivity contribution in [1.82, 2.24) is 3.26 Å². The summed E-state index contributed by atoms with van der Waals surface area (Å²) in [4.78, 5) is 0. The molecule has 2 nitrogen and oxygen atoms in total. The summed E-state index contributed by atoms with van der Waals surface area (Å²) in [6, 6.07) is 8.89. The van der Waals surface area contributed by atoms with Gasteiger partial charge in [0.05, 0.1) is 0 Å². The van der Waals surface area contributed by atoms with Crippen molar-refractivity contribution < 1.29 is 23.0 Å². The zero-order valence-electron chi connectivity index (χ0n) is 19.0. The summed E-state index contributed by atoms with van der Waals surface area (Å²) < 4.78 is 19.5. The maximum atomic E-state index is 6.16. The molecule has 1 atom stereocenters. The fourth-order valence-electron chi connectivity index (χ4n) is 4.94. The molecule has 0 heterocycles. The van der Waals surface area contributed by atoms with Crippen LogP contribution in [0.5, 0.6) is 0 Å². The van der Waals surface area contributed by atoms with E-state index >= 15 is 0 Å². The van der Waals surface area contributed by atoms with E-state index in [1.807, 2.05) is 0 Å². The third-order valence-corrected chi connectivity index (χ3v) is 20.4. The van der Waals surface area contributed by atoms with Crippen molar-refractivity contribution in [2.75, 3.05) is 6.61 Å². The number of fused-ring (bicyclic) bond motifs is 1. The second-order valence-electron chi connectivity index (χ2n) is 10.8. The summed E-state index contributed by atoms with van der Waals surface area (Å²) >= 11 is -3.58. The molecule has 0 fully saturated rings.